The third-order valence-corrected chi connectivity index (χ3v) is 8.01. The molecule has 2 aromatic carbocycles. The Bertz CT molecular complexity index is 1260. The summed E-state index contributed by atoms with van der Waals surface area (Å²) in [5.41, 5.74) is 1.43. The molecule has 6 nitrogen and oxygen atoms in total. The average molecular weight is 543 g/mol. The minimum Gasteiger partial charge on any atom is -0.488 e. The van der Waals surface area contributed by atoms with E-state index in [1.807, 2.05) is 11.4 Å². The van der Waals surface area contributed by atoms with Crippen molar-refractivity contribution in [2.24, 2.45) is 0 Å². The van der Waals surface area contributed by atoms with E-state index in [-0.39, 0.29) is 42.9 Å². The lowest BCUT2D eigenvalue weighted by molar-refractivity contribution is -0.135. The zero-order valence-electron chi connectivity index (χ0n) is 20.3. The Balaban J connectivity index is 1.36. The van der Waals surface area contributed by atoms with E-state index in [1.165, 1.54) is 10.9 Å². The van der Waals surface area contributed by atoms with Crippen LogP contribution < -0.4 is 4.74 Å². The van der Waals surface area contributed by atoms with Crippen molar-refractivity contribution in [2.75, 3.05) is 32.8 Å². The van der Waals surface area contributed by atoms with E-state index >= 15 is 0 Å². The van der Waals surface area contributed by atoms with Gasteiger partial charge in [-0.2, -0.15) is 0 Å². The number of carbonyl (C=O) groups is 2. The number of rotatable bonds is 8. The lowest BCUT2D eigenvalue weighted by atomic mass is 10.00. The van der Waals surface area contributed by atoms with Crippen molar-refractivity contribution in [2.45, 2.75) is 31.4 Å². The van der Waals surface area contributed by atoms with Gasteiger partial charge < -0.3 is 19.3 Å². The number of thiophene rings is 1. The molecule has 1 fully saturated rings. The molecule has 1 aromatic heterocycles. The summed E-state index contributed by atoms with van der Waals surface area (Å²) < 4.78 is 25.8. The van der Waals surface area contributed by atoms with Crippen LogP contribution in [0.5, 0.6) is 5.75 Å². The summed E-state index contributed by atoms with van der Waals surface area (Å²) in [5, 5.41) is 2.46. The molecule has 37 heavy (non-hydrogen) atoms. The van der Waals surface area contributed by atoms with Crippen molar-refractivity contribution in [1.82, 2.24) is 9.80 Å². The van der Waals surface area contributed by atoms with Gasteiger partial charge in [-0.1, -0.05) is 29.8 Å². The Kier molecular flexibility index (Phi) is 8.08. The van der Waals surface area contributed by atoms with Crippen molar-refractivity contribution in [3.8, 4) is 5.75 Å². The van der Waals surface area contributed by atoms with E-state index in [2.05, 4.69) is 0 Å². The highest BCUT2D eigenvalue weighted by Crippen LogP contribution is 2.34. The predicted octanol–water partition coefficient (Wildman–Crippen LogP) is 5.37. The van der Waals surface area contributed by atoms with E-state index < -0.39 is 5.82 Å². The zero-order chi connectivity index (χ0) is 25.8. The fourth-order valence-corrected chi connectivity index (χ4v) is 6.04. The summed E-state index contributed by atoms with van der Waals surface area (Å²) in [6, 6.07) is 14.6. The zero-order valence-corrected chi connectivity index (χ0v) is 21.8. The first-order valence-corrected chi connectivity index (χ1v) is 13.6. The summed E-state index contributed by atoms with van der Waals surface area (Å²) in [4.78, 5) is 31.7. The molecule has 0 saturated carbocycles. The van der Waals surface area contributed by atoms with Crippen LogP contribution in [0.3, 0.4) is 0 Å². The van der Waals surface area contributed by atoms with Gasteiger partial charge in [0.05, 0.1) is 12.1 Å². The first-order chi connectivity index (χ1) is 18.0. The van der Waals surface area contributed by atoms with Crippen molar-refractivity contribution < 1.29 is 23.5 Å². The number of amides is 2. The van der Waals surface area contributed by atoms with Gasteiger partial charge >= 0.3 is 0 Å². The van der Waals surface area contributed by atoms with Crippen LogP contribution in [0.25, 0.3) is 0 Å². The van der Waals surface area contributed by atoms with Crippen molar-refractivity contribution in [1.29, 1.82) is 0 Å². The molecular weight excluding hydrogens is 515 g/mol. The summed E-state index contributed by atoms with van der Waals surface area (Å²) in [7, 11) is 0. The van der Waals surface area contributed by atoms with Gasteiger partial charge in [0.15, 0.2) is 11.6 Å². The van der Waals surface area contributed by atoms with Gasteiger partial charge in [0.2, 0.25) is 5.91 Å². The normalized spacial score (nSPS) is 18.9. The number of fused-ring (bicyclic) bond motifs is 1. The van der Waals surface area contributed by atoms with Crippen LogP contribution in [0.2, 0.25) is 5.02 Å². The lowest BCUT2D eigenvalue weighted by Gasteiger charge is -2.37. The van der Waals surface area contributed by atoms with E-state index in [9.17, 15) is 14.0 Å². The highest BCUT2D eigenvalue weighted by Gasteiger charge is 2.34. The van der Waals surface area contributed by atoms with Gasteiger partial charge in [-0.05, 0) is 66.6 Å². The minimum atomic E-state index is -0.448. The monoisotopic (exact) mass is 542 g/mol. The van der Waals surface area contributed by atoms with Crippen LogP contribution in [-0.2, 0) is 16.0 Å². The average Bonchev–Trinajstić information content (AvgIpc) is 3.59. The van der Waals surface area contributed by atoms with Crippen LogP contribution in [0, 0.1) is 5.82 Å². The molecule has 5 rings (SSSR count). The molecule has 3 heterocycles. The Morgan fingerprint density at radius 2 is 2.05 bits per heavy atom. The van der Waals surface area contributed by atoms with Gasteiger partial charge in [0, 0.05) is 35.2 Å². The summed E-state index contributed by atoms with van der Waals surface area (Å²) in [6.45, 7) is 1.49. The van der Waals surface area contributed by atoms with Crippen LogP contribution in [-0.4, -0.2) is 60.6 Å². The number of hydrogen-bond acceptors (Lipinski definition) is 5. The molecule has 1 saturated heterocycles. The molecule has 0 N–H and O–H groups in total. The quantitative estimate of drug-likeness (QED) is 0.384. The Hall–Kier alpha value is -2.94. The van der Waals surface area contributed by atoms with Gasteiger partial charge in [-0.25, -0.2) is 4.39 Å². The molecule has 0 aliphatic carbocycles. The standard InChI is InChI=1S/C28H28ClFN2O4S/c29-20-6-3-5-19(15-20)28(34)31(16-21-7-4-13-35-21)17-27(33)32-12-10-26-22(11-14-37-26)24(32)18-36-25-9-2-1-8-23(25)30/h1-3,5-6,8-9,11,14-15,21,24H,4,7,10,12-13,16-18H2/t21-,24-/m0/s1. The molecule has 3 aromatic rings. The van der Waals surface area contributed by atoms with Crippen molar-refractivity contribution in [3.63, 3.8) is 0 Å². The van der Waals surface area contributed by atoms with Gasteiger partial charge in [-0.15, -0.1) is 11.3 Å². The Morgan fingerprint density at radius 3 is 2.84 bits per heavy atom. The second-order valence-corrected chi connectivity index (χ2v) is 10.7. The number of hydrogen-bond donors (Lipinski definition) is 0. The molecule has 0 bridgehead atoms. The van der Waals surface area contributed by atoms with Crippen LogP contribution >= 0.6 is 22.9 Å². The van der Waals surface area contributed by atoms with Crippen molar-refractivity contribution >= 4 is 34.8 Å². The fraction of sp³-hybridized carbons (Fsp3) is 0.357. The molecule has 2 atom stereocenters. The topological polar surface area (TPSA) is 59.1 Å². The van der Waals surface area contributed by atoms with Crippen molar-refractivity contribution in [3.05, 3.63) is 86.8 Å². The third kappa shape index (κ3) is 5.98. The summed E-state index contributed by atoms with van der Waals surface area (Å²) in [6.07, 6.45) is 2.39. The molecule has 0 radical (unpaired) electrons. The third-order valence-electron chi connectivity index (χ3n) is 6.78. The van der Waals surface area contributed by atoms with E-state index in [4.69, 9.17) is 21.1 Å². The van der Waals surface area contributed by atoms with Gasteiger partial charge in [0.25, 0.3) is 5.91 Å². The summed E-state index contributed by atoms with van der Waals surface area (Å²) >= 11 is 7.78. The number of halogens is 2. The molecule has 2 amide bonds. The number of nitrogens with zero attached hydrogens (tertiary/aromatic N) is 2. The molecule has 9 heteroatoms. The first-order valence-electron chi connectivity index (χ1n) is 12.4. The summed E-state index contributed by atoms with van der Waals surface area (Å²) in [5.74, 6) is -0.754. The van der Waals surface area contributed by atoms with E-state index in [0.717, 1.165) is 24.8 Å². The highest BCUT2D eigenvalue weighted by atomic mass is 35.5. The van der Waals surface area contributed by atoms with Crippen LogP contribution in [0.1, 0.15) is 39.7 Å². The van der Waals surface area contributed by atoms with E-state index in [0.29, 0.717) is 30.3 Å². The molecule has 0 spiro atoms. The smallest absolute Gasteiger partial charge is 0.254 e. The second kappa shape index (κ2) is 11.6. The first kappa shape index (κ1) is 25.7. The SMILES string of the molecule is O=C(c1cccc(Cl)c1)N(CC(=O)N1CCc2sccc2[C@@H]1COc1ccccc1F)C[C@@H]1CCCO1. The number of ether oxygens (including phenoxy) is 2. The maximum absolute atomic E-state index is 14.2. The minimum absolute atomic E-state index is 0.0964. The number of para-hydroxylation sites is 1. The van der Waals surface area contributed by atoms with Crippen LogP contribution in [0.15, 0.2) is 60.0 Å². The van der Waals surface area contributed by atoms with Gasteiger partial charge in [0.1, 0.15) is 13.2 Å². The second-order valence-electron chi connectivity index (χ2n) is 9.22. The molecule has 0 unspecified atom stereocenters. The maximum atomic E-state index is 14.2. The molecule has 194 valence electrons. The van der Waals surface area contributed by atoms with E-state index in [1.54, 1.807) is 63.6 Å². The maximum Gasteiger partial charge on any atom is 0.254 e. The van der Waals surface area contributed by atoms with Crippen LogP contribution in [0.4, 0.5) is 4.39 Å². The highest BCUT2D eigenvalue weighted by molar-refractivity contribution is 7.10. The Labute approximate surface area is 224 Å². The fourth-order valence-electron chi connectivity index (χ4n) is 4.92. The number of benzene rings is 2. The van der Waals surface area contributed by atoms with Gasteiger partial charge in [-0.3, -0.25) is 9.59 Å². The Morgan fingerprint density at radius 1 is 1.19 bits per heavy atom. The molecular formula is C28H28ClFN2O4S. The molecule has 2 aliphatic heterocycles. The molecule has 2 aliphatic rings. The lowest BCUT2D eigenvalue weighted by Crippen LogP contribution is -2.49. The predicted molar refractivity (Wildman–Crippen MR) is 141 cm³/mol. The largest absolute Gasteiger partial charge is 0.488 e. The number of carbonyl (C=O) groups excluding carboxylic acids is 2.